The number of rotatable bonds is 3. The van der Waals surface area contributed by atoms with Gasteiger partial charge in [0.1, 0.15) is 6.61 Å². The molecule has 1 amide bonds. The predicted molar refractivity (Wildman–Crippen MR) is 51.3 cm³/mol. The van der Waals surface area contributed by atoms with Crippen LogP contribution in [-0.4, -0.2) is 46.7 Å². The zero-order chi connectivity index (χ0) is 11.1. The number of amides is 1. The van der Waals surface area contributed by atoms with E-state index in [4.69, 9.17) is 9.84 Å². The summed E-state index contributed by atoms with van der Waals surface area (Å²) in [5, 5.41) is 8.75. The Labute approximate surface area is 88.0 Å². The standard InChI is InChI=1S/C10H15NO4/c1-10(4-9(13)14)6-11(7-2-3-7)8(12)5-15-10/h7H,2-6H2,1H3,(H,13,14). The Morgan fingerprint density at radius 1 is 1.67 bits per heavy atom. The minimum Gasteiger partial charge on any atom is -0.481 e. The Bertz CT molecular complexity index is 300. The molecule has 5 heteroatoms. The minimum absolute atomic E-state index is 0.0136. The highest BCUT2D eigenvalue weighted by atomic mass is 16.5. The quantitative estimate of drug-likeness (QED) is 0.729. The fourth-order valence-corrected chi connectivity index (χ4v) is 1.96. The van der Waals surface area contributed by atoms with E-state index in [0.717, 1.165) is 12.8 Å². The lowest BCUT2D eigenvalue weighted by atomic mass is 9.99. The lowest BCUT2D eigenvalue weighted by Gasteiger charge is -2.39. The number of aliphatic carboxylic acids is 1. The molecule has 1 aliphatic heterocycles. The van der Waals surface area contributed by atoms with Crippen LogP contribution in [0.3, 0.4) is 0 Å². The molecule has 1 atom stereocenters. The average molecular weight is 213 g/mol. The highest BCUT2D eigenvalue weighted by Crippen LogP contribution is 2.32. The number of ether oxygens (including phenoxy) is 1. The number of hydrogen-bond donors (Lipinski definition) is 1. The van der Waals surface area contributed by atoms with Crippen LogP contribution < -0.4 is 0 Å². The van der Waals surface area contributed by atoms with Crippen LogP contribution in [0.25, 0.3) is 0 Å². The van der Waals surface area contributed by atoms with Gasteiger partial charge in [-0.2, -0.15) is 0 Å². The molecule has 1 aliphatic carbocycles. The van der Waals surface area contributed by atoms with Gasteiger partial charge >= 0.3 is 5.97 Å². The fraction of sp³-hybridized carbons (Fsp3) is 0.800. The molecule has 0 bridgehead atoms. The number of nitrogens with zero attached hydrogens (tertiary/aromatic N) is 1. The molecule has 0 spiro atoms. The first-order valence-electron chi connectivity index (χ1n) is 5.15. The molecule has 15 heavy (non-hydrogen) atoms. The van der Waals surface area contributed by atoms with Crippen molar-refractivity contribution >= 4 is 11.9 Å². The third-order valence-electron chi connectivity index (χ3n) is 2.88. The van der Waals surface area contributed by atoms with Crippen molar-refractivity contribution < 1.29 is 19.4 Å². The van der Waals surface area contributed by atoms with Crippen molar-refractivity contribution in [2.75, 3.05) is 13.2 Å². The highest BCUT2D eigenvalue weighted by molar-refractivity contribution is 5.79. The van der Waals surface area contributed by atoms with E-state index in [-0.39, 0.29) is 18.9 Å². The normalized spacial score (nSPS) is 31.8. The Hall–Kier alpha value is -1.10. The molecule has 1 unspecified atom stereocenters. The summed E-state index contributed by atoms with van der Waals surface area (Å²) in [7, 11) is 0. The van der Waals surface area contributed by atoms with E-state index in [9.17, 15) is 9.59 Å². The van der Waals surface area contributed by atoms with Gasteiger partial charge in [-0.3, -0.25) is 9.59 Å². The summed E-state index contributed by atoms with van der Waals surface area (Å²) in [5.74, 6) is -0.900. The van der Waals surface area contributed by atoms with Crippen LogP contribution in [0, 0.1) is 0 Å². The Morgan fingerprint density at radius 2 is 2.33 bits per heavy atom. The average Bonchev–Trinajstić information content (AvgIpc) is 2.91. The summed E-state index contributed by atoms with van der Waals surface area (Å²) < 4.78 is 5.32. The van der Waals surface area contributed by atoms with Gasteiger partial charge in [-0.1, -0.05) is 0 Å². The molecule has 5 nitrogen and oxygen atoms in total. The van der Waals surface area contributed by atoms with Gasteiger partial charge in [0.25, 0.3) is 0 Å². The molecule has 1 saturated heterocycles. The lowest BCUT2D eigenvalue weighted by Crippen LogP contribution is -2.54. The summed E-state index contributed by atoms with van der Waals surface area (Å²) in [6.45, 7) is 2.17. The van der Waals surface area contributed by atoms with Gasteiger partial charge in [-0.05, 0) is 19.8 Å². The maximum absolute atomic E-state index is 11.5. The second kappa shape index (κ2) is 3.48. The molecule has 2 aliphatic rings. The van der Waals surface area contributed by atoms with Crippen molar-refractivity contribution in [1.82, 2.24) is 4.90 Å². The number of carbonyl (C=O) groups excluding carboxylic acids is 1. The Balaban J connectivity index is 2.03. The van der Waals surface area contributed by atoms with Gasteiger partial charge in [-0.25, -0.2) is 0 Å². The lowest BCUT2D eigenvalue weighted by molar-refractivity contribution is -0.169. The number of carbonyl (C=O) groups is 2. The van der Waals surface area contributed by atoms with Crippen molar-refractivity contribution in [2.24, 2.45) is 0 Å². The first-order valence-corrected chi connectivity index (χ1v) is 5.15. The van der Waals surface area contributed by atoms with E-state index in [2.05, 4.69) is 0 Å². The van der Waals surface area contributed by atoms with Gasteiger partial charge in [0, 0.05) is 6.04 Å². The van der Waals surface area contributed by atoms with Gasteiger partial charge in [0.2, 0.25) is 5.91 Å². The smallest absolute Gasteiger partial charge is 0.306 e. The maximum Gasteiger partial charge on any atom is 0.306 e. The van der Waals surface area contributed by atoms with E-state index >= 15 is 0 Å². The monoisotopic (exact) mass is 213 g/mol. The topological polar surface area (TPSA) is 66.8 Å². The van der Waals surface area contributed by atoms with Crippen molar-refractivity contribution in [1.29, 1.82) is 0 Å². The third kappa shape index (κ3) is 2.28. The summed E-state index contributed by atoms with van der Waals surface area (Å²) in [5.41, 5.74) is -0.720. The summed E-state index contributed by atoms with van der Waals surface area (Å²) >= 11 is 0. The SMILES string of the molecule is CC1(CC(=O)O)CN(C2CC2)C(=O)CO1. The van der Waals surface area contributed by atoms with E-state index in [0.29, 0.717) is 12.6 Å². The molecule has 1 N–H and O–H groups in total. The number of carboxylic acids is 1. The summed E-state index contributed by atoms with van der Waals surface area (Å²) in [6.07, 6.45) is 2.02. The molecule has 0 aromatic rings. The second-order valence-corrected chi connectivity index (χ2v) is 4.56. The zero-order valence-corrected chi connectivity index (χ0v) is 8.73. The van der Waals surface area contributed by atoms with Gasteiger partial charge in [0.15, 0.2) is 0 Å². The first-order chi connectivity index (χ1) is 7.00. The maximum atomic E-state index is 11.5. The second-order valence-electron chi connectivity index (χ2n) is 4.56. The highest BCUT2D eigenvalue weighted by Gasteiger charge is 2.43. The summed E-state index contributed by atoms with van der Waals surface area (Å²) in [4.78, 5) is 23.9. The van der Waals surface area contributed by atoms with Crippen LogP contribution in [0.1, 0.15) is 26.2 Å². The van der Waals surface area contributed by atoms with Crippen LogP contribution in [0.15, 0.2) is 0 Å². The van der Waals surface area contributed by atoms with Crippen molar-refractivity contribution in [3.8, 4) is 0 Å². The molecule has 2 rings (SSSR count). The fourth-order valence-electron chi connectivity index (χ4n) is 1.96. The van der Waals surface area contributed by atoms with Crippen LogP contribution in [0.2, 0.25) is 0 Å². The molecule has 1 saturated carbocycles. The molecule has 0 aromatic heterocycles. The van der Waals surface area contributed by atoms with E-state index in [1.165, 1.54) is 0 Å². The molecule has 0 radical (unpaired) electrons. The van der Waals surface area contributed by atoms with E-state index in [1.807, 2.05) is 0 Å². The van der Waals surface area contributed by atoms with E-state index < -0.39 is 11.6 Å². The number of hydrogen-bond acceptors (Lipinski definition) is 3. The van der Waals surface area contributed by atoms with Crippen LogP contribution in [-0.2, 0) is 14.3 Å². The van der Waals surface area contributed by atoms with Crippen molar-refractivity contribution in [2.45, 2.75) is 37.8 Å². The van der Waals surface area contributed by atoms with Crippen LogP contribution >= 0.6 is 0 Å². The summed E-state index contributed by atoms with van der Waals surface area (Å²) in [6, 6.07) is 0.328. The van der Waals surface area contributed by atoms with Gasteiger partial charge in [0.05, 0.1) is 18.6 Å². The molecular formula is C10H15NO4. The molecule has 2 fully saturated rings. The third-order valence-corrected chi connectivity index (χ3v) is 2.88. The van der Waals surface area contributed by atoms with Gasteiger partial charge in [-0.15, -0.1) is 0 Å². The van der Waals surface area contributed by atoms with Crippen molar-refractivity contribution in [3.05, 3.63) is 0 Å². The largest absolute Gasteiger partial charge is 0.481 e. The number of carboxylic acid groups (broad SMARTS) is 1. The number of morpholine rings is 1. The zero-order valence-electron chi connectivity index (χ0n) is 8.73. The van der Waals surface area contributed by atoms with Crippen molar-refractivity contribution in [3.63, 3.8) is 0 Å². The van der Waals surface area contributed by atoms with Crippen LogP contribution in [0.4, 0.5) is 0 Å². The molecule has 0 aromatic carbocycles. The molecule has 1 heterocycles. The van der Waals surface area contributed by atoms with E-state index in [1.54, 1.807) is 11.8 Å². The Morgan fingerprint density at radius 3 is 2.87 bits per heavy atom. The van der Waals surface area contributed by atoms with Gasteiger partial charge < -0.3 is 14.7 Å². The molecule has 84 valence electrons. The molecular weight excluding hydrogens is 198 g/mol. The first kappa shape index (κ1) is 10.4. The minimum atomic E-state index is -0.886. The predicted octanol–water partition coefficient (Wildman–Crippen LogP) is 0.241. The van der Waals surface area contributed by atoms with Crippen LogP contribution in [0.5, 0.6) is 0 Å². The Kier molecular flexibility index (Phi) is 2.42.